The van der Waals surface area contributed by atoms with Crippen LogP contribution in [0.15, 0.2) is 78.1 Å². The van der Waals surface area contributed by atoms with E-state index in [1.165, 1.54) is 44.6 Å². The number of benzene rings is 3. The van der Waals surface area contributed by atoms with Gasteiger partial charge in [-0.15, -0.1) is 5.48 Å². The summed E-state index contributed by atoms with van der Waals surface area (Å²) in [6, 6.07) is 15.9. The Hall–Kier alpha value is -5.36. The number of hydrogen-bond acceptors (Lipinski definition) is 9. The van der Waals surface area contributed by atoms with Crippen LogP contribution in [0, 0.1) is 0 Å². The molecule has 12 heteroatoms. The Labute approximate surface area is 285 Å². The minimum atomic E-state index is -1.30. The van der Waals surface area contributed by atoms with Crippen LogP contribution in [0.3, 0.4) is 0 Å². The fourth-order valence-electron chi connectivity index (χ4n) is 5.23. The van der Waals surface area contributed by atoms with E-state index in [9.17, 15) is 24.3 Å². The van der Waals surface area contributed by atoms with Gasteiger partial charge in [0.05, 0.1) is 30.9 Å². The van der Waals surface area contributed by atoms with Gasteiger partial charge in [-0.25, -0.2) is 9.59 Å². The highest BCUT2D eigenvalue weighted by molar-refractivity contribution is 6.06. The lowest BCUT2D eigenvalue weighted by atomic mass is 10.0. The predicted octanol–water partition coefficient (Wildman–Crippen LogP) is 5.83. The molecule has 3 aromatic rings. The van der Waals surface area contributed by atoms with E-state index in [0.29, 0.717) is 40.5 Å². The average molecular weight is 674 g/mol. The summed E-state index contributed by atoms with van der Waals surface area (Å²) in [4.78, 5) is 56.1. The number of carbonyl (C=O) groups excluding carboxylic acids is 3. The van der Waals surface area contributed by atoms with Crippen molar-refractivity contribution < 1.29 is 43.3 Å². The summed E-state index contributed by atoms with van der Waals surface area (Å²) in [6.07, 6.45) is 5.61. The Morgan fingerprint density at radius 2 is 1.67 bits per heavy atom. The van der Waals surface area contributed by atoms with Gasteiger partial charge in [0.2, 0.25) is 0 Å². The van der Waals surface area contributed by atoms with Gasteiger partial charge >= 0.3 is 11.9 Å². The standard InChI is InChI=1S/C37H43N3O9/c1-5-6-7-8-9-19-47-29-16-14-26(15-17-29)37(45)48-31-18-13-25(21-32(31)46-4)20-30(36(43)44)39-34(41)27-11-10-12-28(22-27)38-35(42)33-23(2)40-49-24(33)3/h10-18,21-23,30,40H,5-9,19-20H2,1-4H3,(H,38,42)(H,39,41)(H,43,44). The molecule has 49 heavy (non-hydrogen) atoms. The summed E-state index contributed by atoms with van der Waals surface area (Å²) in [5, 5.41) is 15.2. The molecule has 0 fully saturated rings. The molecule has 0 aliphatic carbocycles. The quantitative estimate of drug-likeness (QED) is 0.0780. The number of unbranched alkanes of at least 4 members (excludes halogenated alkanes) is 4. The van der Waals surface area contributed by atoms with Crippen LogP contribution < -0.4 is 30.3 Å². The third-order valence-electron chi connectivity index (χ3n) is 7.91. The number of aliphatic carboxylic acids is 1. The Balaban J connectivity index is 1.35. The first-order chi connectivity index (χ1) is 23.6. The topological polar surface area (TPSA) is 162 Å². The summed E-state index contributed by atoms with van der Waals surface area (Å²) in [6.45, 7) is 6.24. The van der Waals surface area contributed by atoms with Crippen LogP contribution in [0.5, 0.6) is 17.2 Å². The minimum absolute atomic E-state index is 0.0829. The number of carbonyl (C=O) groups is 4. The predicted molar refractivity (Wildman–Crippen MR) is 183 cm³/mol. The van der Waals surface area contributed by atoms with Crippen LogP contribution in [0.2, 0.25) is 0 Å². The van der Waals surface area contributed by atoms with Crippen LogP contribution in [0.4, 0.5) is 5.69 Å². The fourth-order valence-corrected chi connectivity index (χ4v) is 5.23. The first-order valence-electron chi connectivity index (χ1n) is 16.3. The van der Waals surface area contributed by atoms with Crippen LogP contribution in [-0.4, -0.2) is 54.7 Å². The van der Waals surface area contributed by atoms with E-state index >= 15 is 0 Å². The highest BCUT2D eigenvalue weighted by atomic mass is 16.7. The van der Waals surface area contributed by atoms with Crippen molar-refractivity contribution in [3.63, 3.8) is 0 Å². The summed E-state index contributed by atoms with van der Waals surface area (Å²) in [7, 11) is 1.40. The molecule has 2 amide bonds. The van der Waals surface area contributed by atoms with Gasteiger partial charge < -0.3 is 34.8 Å². The van der Waals surface area contributed by atoms with E-state index < -0.39 is 23.9 Å². The number of carboxylic acids is 1. The molecule has 12 nitrogen and oxygen atoms in total. The van der Waals surface area contributed by atoms with Crippen LogP contribution in [0.25, 0.3) is 0 Å². The first kappa shape index (κ1) is 36.5. The largest absolute Gasteiger partial charge is 0.494 e. The molecule has 260 valence electrons. The monoisotopic (exact) mass is 673 g/mol. The van der Waals surface area contributed by atoms with Crippen molar-refractivity contribution in [1.82, 2.24) is 10.8 Å². The van der Waals surface area contributed by atoms with Gasteiger partial charge in [0.15, 0.2) is 11.5 Å². The molecule has 0 aromatic heterocycles. The normalized spacial score (nSPS) is 14.4. The first-order valence-corrected chi connectivity index (χ1v) is 16.3. The number of hydrogen-bond donors (Lipinski definition) is 4. The highest BCUT2D eigenvalue weighted by Crippen LogP contribution is 2.30. The van der Waals surface area contributed by atoms with E-state index in [-0.39, 0.29) is 35.4 Å². The van der Waals surface area contributed by atoms with E-state index in [2.05, 4.69) is 23.0 Å². The van der Waals surface area contributed by atoms with Crippen LogP contribution in [0.1, 0.15) is 79.2 Å². The molecule has 1 aliphatic heterocycles. The second-order valence-electron chi connectivity index (χ2n) is 11.7. The molecule has 0 bridgehead atoms. The highest BCUT2D eigenvalue weighted by Gasteiger charge is 2.27. The van der Waals surface area contributed by atoms with Crippen molar-refractivity contribution >= 4 is 29.4 Å². The number of esters is 1. The van der Waals surface area contributed by atoms with Gasteiger partial charge in [-0.1, -0.05) is 44.7 Å². The van der Waals surface area contributed by atoms with Gasteiger partial charge in [0.1, 0.15) is 17.6 Å². The van der Waals surface area contributed by atoms with E-state index in [4.69, 9.17) is 19.0 Å². The number of rotatable bonds is 17. The maximum absolute atomic E-state index is 13.1. The smallest absolute Gasteiger partial charge is 0.343 e. The second kappa shape index (κ2) is 17.7. The van der Waals surface area contributed by atoms with Crippen LogP contribution in [-0.2, 0) is 20.8 Å². The average Bonchev–Trinajstić information content (AvgIpc) is 3.44. The van der Waals surface area contributed by atoms with E-state index in [1.54, 1.807) is 62.4 Å². The summed E-state index contributed by atoms with van der Waals surface area (Å²) >= 11 is 0. The van der Waals surface area contributed by atoms with E-state index in [1.807, 2.05) is 0 Å². The zero-order chi connectivity index (χ0) is 35.3. The molecule has 1 heterocycles. The number of carboxylic acid groups (broad SMARTS) is 1. The third-order valence-corrected chi connectivity index (χ3v) is 7.91. The van der Waals surface area contributed by atoms with Crippen molar-refractivity contribution in [3.8, 4) is 17.2 Å². The molecular weight excluding hydrogens is 630 g/mol. The van der Waals surface area contributed by atoms with Crippen molar-refractivity contribution in [1.29, 1.82) is 0 Å². The molecule has 2 atom stereocenters. The molecule has 1 aliphatic rings. The lowest BCUT2D eigenvalue weighted by molar-refractivity contribution is -0.139. The number of amides is 2. The summed E-state index contributed by atoms with van der Waals surface area (Å²) in [5.41, 5.74) is 4.51. The Morgan fingerprint density at radius 3 is 2.35 bits per heavy atom. The van der Waals surface area contributed by atoms with Gasteiger partial charge in [-0.05, 0) is 80.4 Å². The number of allylic oxidation sites excluding steroid dienone is 1. The zero-order valence-corrected chi connectivity index (χ0v) is 28.2. The molecule has 0 spiro atoms. The summed E-state index contributed by atoms with van der Waals surface area (Å²) < 4.78 is 16.8. The lowest BCUT2D eigenvalue weighted by Gasteiger charge is -2.17. The lowest BCUT2D eigenvalue weighted by Crippen LogP contribution is -2.42. The number of ether oxygens (including phenoxy) is 3. The number of methoxy groups -OCH3 is 1. The third kappa shape index (κ3) is 10.3. The molecule has 4 N–H and O–H groups in total. The molecule has 2 unspecified atom stereocenters. The number of hydroxylamine groups is 1. The summed E-state index contributed by atoms with van der Waals surface area (Å²) in [5.74, 6) is -1.38. The zero-order valence-electron chi connectivity index (χ0n) is 28.2. The molecule has 0 radical (unpaired) electrons. The molecule has 4 rings (SSSR count). The Bertz CT molecular complexity index is 1670. The SMILES string of the molecule is CCCCCCCOc1ccc(C(=O)Oc2ccc(CC(NC(=O)c3cccc(NC(=O)C4=C(C)ONC4C)c3)C(=O)O)cc2OC)cc1. The van der Waals surface area contributed by atoms with Gasteiger partial charge in [0.25, 0.3) is 11.8 Å². The van der Waals surface area contributed by atoms with Crippen molar-refractivity contribution in [2.45, 2.75) is 71.4 Å². The Kier molecular flexibility index (Phi) is 13.2. The van der Waals surface area contributed by atoms with Crippen LogP contribution >= 0.6 is 0 Å². The Morgan fingerprint density at radius 1 is 0.918 bits per heavy atom. The fraction of sp³-hybridized carbons (Fsp3) is 0.351. The van der Waals surface area contributed by atoms with Gasteiger partial charge in [-0.2, -0.15) is 0 Å². The molecule has 3 aromatic carbocycles. The minimum Gasteiger partial charge on any atom is -0.494 e. The second-order valence-corrected chi connectivity index (χ2v) is 11.7. The molecule has 0 saturated heterocycles. The maximum atomic E-state index is 13.1. The number of anilines is 1. The van der Waals surface area contributed by atoms with Crippen molar-refractivity contribution in [2.75, 3.05) is 19.0 Å². The molecule has 0 saturated carbocycles. The van der Waals surface area contributed by atoms with Gasteiger partial charge in [-0.3, -0.25) is 9.59 Å². The molecular formula is C37H43N3O9. The van der Waals surface area contributed by atoms with Crippen molar-refractivity contribution in [3.05, 3.63) is 94.8 Å². The van der Waals surface area contributed by atoms with Crippen molar-refractivity contribution in [2.24, 2.45) is 0 Å². The number of nitrogens with one attached hydrogen (secondary N) is 3. The van der Waals surface area contributed by atoms with Gasteiger partial charge in [0, 0.05) is 17.7 Å². The van der Waals surface area contributed by atoms with E-state index in [0.717, 1.165) is 12.8 Å². The maximum Gasteiger partial charge on any atom is 0.343 e.